The second-order valence-electron chi connectivity index (χ2n) is 5.21. The van der Waals surface area contributed by atoms with Gasteiger partial charge in [0.2, 0.25) is 17.6 Å². The maximum atomic E-state index is 11.6. The highest BCUT2D eigenvalue weighted by Crippen LogP contribution is 2.19. The van der Waals surface area contributed by atoms with Gasteiger partial charge in [-0.2, -0.15) is 4.98 Å². The van der Waals surface area contributed by atoms with Crippen molar-refractivity contribution >= 4 is 5.91 Å². The van der Waals surface area contributed by atoms with Gasteiger partial charge in [-0.1, -0.05) is 42.8 Å². The molecule has 1 heterocycles. The van der Waals surface area contributed by atoms with Crippen LogP contribution in [-0.2, 0) is 4.79 Å². The maximum Gasteiger partial charge on any atom is 0.249 e. The topological polar surface area (TPSA) is 68.0 Å². The van der Waals surface area contributed by atoms with Crippen molar-refractivity contribution in [1.82, 2.24) is 15.5 Å². The summed E-state index contributed by atoms with van der Waals surface area (Å²) in [6.45, 7) is 7.52. The molecule has 0 spiro atoms. The number of carbonyl (C=O) groups is 1. The fraction of sp³-hybridized carbons (Fsp3) is 0.400. The van der Waals surface area contributed by atoms with Crippen molar-refractivity contribution in [3.8, 4) is 11.4 Å². The van der Waals surface area contributed by atoms with Gasteiger partial charge >= 0.3 is 0 Å². The molecule has 1 atom stereocenters. The van der Waals surface area contributed by atoms with Gasteiger partial charge in [0, 0.05) is 11.5 Å². The molecule has 5 heteroatoms. The van der Waals surface area contributed by atoms with Crippen LogP contribution in [0.1, 0.15) is 38.3 Å². The third kappa shape index (κ3) is 3.23. The van der Waals surface area contributed by atoms with Gasteiger partial charge in [-0.25, -0.2) is 0 Å². The SMILES string of the molecule is Cc1cccc(-c2noc(C(C)NC(=O)C(C)C)n2)c1. The molecule has 0 saturated carbocycles. The third-order valence-corrected chi connectivity index (χ3v) is 2.97. The van der Waals surface area contributed by atoms with Crippen LogP contribution in [0.3, 0.4) is 0 Å². The molecule has 106 valence electrons. The fourth-order valence-electron chi connectivity index (χ4n) is 1.75. The van der Waals surface area contributed by atoms with Crippen molar-refractivity contribution in [2.45, 2.75) is 33.7 Å². The molecular formula is C15H19N3O2. The van der Waals surface area contributed by atoms with Crippen LogP contribution in [0.4, 0.5) is 0 Å². The lowest BCUT2D eigenvalue weighted by atomic mass is 10.1. The Morgan fingerprint density at radius 3 is 2.70 bits per heavy atom. The summed E-state index contributed by atoms with van der Waals surface area (Å²) >= 11 is 0. The molecule has 1 aromatic carbocycles. The molecule has 2 aromatic rings. The molecule has 0 radical (unpaired) electrons. The summed E-state index contributed by atoms with van der Waals surface area (Å²) in [5.74, 6) is 0.842. The van der Waals surface area contributed by atoms with Crippen molar-refractivity contribution in [2.24, 2.45) is 5.92 Å². The van der Waals surface area contributed by atoms with Crippen LogP contribution in [-0.4, -0.2) is 16.0 Å². The summed E-state index contributed by atoms with van der Waals surface area (Å²) in [6, 6.07) is 7.59. The smallest absolute Gasteiger partial charge is 0.249 e. The Kier molecular flexibility index (Phi) is 4.17. The molecule has 5 nitrogen and oxygen atoms in total. The molecule has 1 aromatic heterocycles. The average molecular weight is 273 g/mol. The average Bonchev–Trinajstić information content (AvgIpc) is 2.88. The van der Waals surface area contributed by atoms with Gasteiger partial charge < -0.3 is 9.84 Å². The van der Waals surface area contributed by atoms with E-state index in [1.807, 2.05) is 52.0 Å². The van der Waals surface area contributed by atoms with Crippen molar-refractivity contribution in [3.63, 3.8) is 0 Å². The second kappa shape index (κ2) is 5.86. The van der Waals surface area contributed by atoms with Crippen LogP contribution >= 0.6 is 0 Å². The van der Waals surface area contributed by atoms with Crippen LogP contribution < -0.4 is 5.32 Å². The molecule has 0 bridgehead atoms. The zero-order valence-corrected chi connectivity index (χ0v) is 12.2. The molecule has 0 aliphatic rings. The summed E-state index contributed by atoms with van der Waals surface area (Å²) in [5, 5.41) is 6.80. The molecule has 1 unspecified atom stereocenters. The van der Waals surface area contributed by atoms with Crippen molar-refractivity contribution in [3.05, 3.63) is 35.7 Å². The van der Waals surface area contributed by atoms with Gasteiger partial charge in [0.05, 0.1) is 0 Å². The van der Waals surface area contributed by atoms with Gasteiger partial charge in [0.25, 0.3) is 0 Å². The first kappa shape index (κ1) is 14.2. The normalized spacial score (nSPS) is 12.4. The minimum absolute atomic E-state index is 0.0344. The maximum absolute atomic E-state index is 11.6. The number of hydrogen-bond donors (Lipinski definition) is 1. The van der Waals surface area contributed by atoms with Crippen LogP contribution in [0.15, 0.2) is 28.8 Å². The monoisotopic (exact) mass is 273 g/mol. The van der Waals surface area contributed by atoms with E-state index < -0.39 is 0 Å². The van der Waals surface area contributed by atoms with Gasteiger partial charge in [-0.3, -0.25) is 4.79 Å². The summed E-state index contributed by atoms with van der Waals surface area (Å²) in [7, 11) is 0. The summed E-state index contributed by atoms with van der Waals surface area (Å²) < 4.78 is 5.23. The zero-order chi connectivity index (χ0) is 14.7. The minimum Gasteiger partial charge on any atom is -0.344 e. The number of aromatic nitrogens is 2. The van der Waals surface area contributed by atoms with Gasteiger partial charge in [-0.05, 0) is 19.9 Å². The van der Waals surface area contributed by atoms with E-state index in [9.17, 15) is 4.79 Å². The van der Waals surface area contributed by atoms with E-state index in [0.29, 0.717) is 11.7 Å². The Morgan fingerprint density at radius 1 is 1.30 bits per heavy atom. The molecule has 0 fully saturated rings. The number of amides is 1. The number of nitrogens with one attached hydrogen (secondary N) is 1. The largest absolute Gasteiger partial charge is 0.344 e. The summed E-state index contributed by atoms with van der Waals surface area (Å²) in [4.78, 5) is 16.0. The lowest BCUT2D eigenvalue weighted by Crippen LogP contribution is -2.30. The predicted molar refractivity (Wildman–Crippen MR) is 75.9 cm³/mol. The van der Waals surface area contributed by atoms with Crippen LogP contribution in [0.2, 0.25) is 0 Å². The van der Waals surface area contributed by atoms with Crippen LogP contribution in [0, 0.1) is 12.8 Å². The molecule has 0 saturated heterocycles. The number of aryl methyl sites for hydroxylation is 1. The minimum atomic E-state index is -0.295. The summed E-state index contributed by atoms with van der Waals surface area (Å²) in [6.07, 6.45) is 0. The van der Waals surface area contributed by atoms with Crippen molar-refractivity contribution in [2.75, 3.05) is 0 Å². The van der Waals surface area contributed by atoms with E-state index in [0.717, 1.165) is 11.1 Å². The van der Waals surface area contributed by atoms with E-state index in [1.54, 1.807) is 0 Å². The number of rotatable bonds is 4. The lowest BCUT2D eigenvalue weighted by Gasteiger charge is -2.11. The molecular weight excluding hydrogens is 254 g/mol. The first-order valence-corrected chi connectivity index (χ1v) is 6.68. The highest BCUT2D eigenvalue weighted by Gasteiger charge is 2.18. The van der Waals surface area contributed by atoms with Crippen LogP contribution in [0.25, 0.3) is 11.4 Å². The van der Waals surface area contributed by atoms with E-state index in [4.69, 9.17) is 4.52 Å². The number of nitrogens with zero attached hydrogens (tertiary/aromatic N) is 2. The third-order valence-electron chi connectivity index (χ3n) is 2.97. The van der Waals surface area contributed by atoms with E-state index in [2.05, 4.69) is 15.5 Å². The van der Waals surface area contributed by atoms with E-state index >= 15 is 0 Å². The van der Waals surface area contributed by atoms with Crippen LogP contribution in [0.5, 0.6) is 0 Å². The molecule has 1 N–H and O–H groups in total. The Hall–Kier alpha value is -2.17. The Morgan fingerprint density at radius 2 is 2.05 bits per heavy atom. The molecule has 2 rings (SSSR count). The van der Waals surface area contributed by atoms with E-state index in [-0.39, 0.29) is 17.9 Å². The second-order valence-corrected chi connectivity index (χ2v) is 5.21. The zero-order valence-electron chi connectivity index (χ0n) is 12.2. The van der Waals surface area contributed by atoms with Gasteiger partial charge in [0.1, 0.15) is 6.04 Å². The van der Waals surface area contributed by atoms with Crippen molar-refractivity contribution in [1.29, 1.82) is 0 Å². The van der Waals surface area contributed by atoms with Gasteiger partial charge in [0.15, 0.2) is 0 Å². The van der Waals surface area contributed by atoms with Gasteiger partial charge in [-0.15, -0.1) is 0 Å². The van der Waals surface area contributed by atoms with Crippen molar-refractivity contribution < 1.29 is 9.32 Å². The predicted octanol–water partition coefficient (Wildman–Crippen LogP) is 2.88. The summed E-state index contributed by atoms with van der Waals surface area (Å²) in [5.41, 5.74) is 2.04. The first-order valence-electron chi connectivity index (χ1n) is 6.68. The number of carbonyl (C=O) groups excluding carboxylic acids is 1. The number of hydrogen-bond acceptors (Lipinski definition) is 4. The molecule has 20 heavy (non-hydrogen) atoms. The Labute approximate surface area is 118 Å². The highest BCUT2D eigenvalue weighted by molar-refractivity contribution is 5.78. The quantitative estimate of drug-likeness (QED) is 0.930. The Balaban J connectivity index is 2.14. The molecule has 0 aliphatic heterocycles. The molecule has 0 aliphatic carbocycles. The molecule has 1 amide bonds. The highest BCUT2D eigenvalue weighted by atomic mass is 16.5. The standard InChI is InChI=1S/C15H19N3O2/c1-9(2)14(19)16-11(4)15-17-13(18-20-15)12-7-5-6-10(3)8-12/h5-9,11H,1-4H3,(H,16,19). The fourth-order valence-corrected chi connectivity index (χ4v) is 1.75. The Bertz CT molecular complexity index is 605. The first-order chi connectivity index (χ1) is 9.47. The lowest BCUT2D eigenvalue weighted by molar-refractivity contribution is -0.124. The van der Waals surface area contributed by atoms with E-state index in [1.165, 1.54) is 0 Å². The number of benzene rings is 1.